The zero-order valence-electron chi connectivity index (χ0n) is 21.5. The third kappa shape index (κ3) is 4.67. The van der Waals surface area contributed by atoms with Gasteiger partial charge in [-0.25, -0.2) is 14.2 Å². The average molecular weight is 529 g/mol. The van der Waals surface area contributed by atoms with E-state index < -0.39 is 29.6 Å². The SMILES string of the molecule is C#CCN(C(=O)NC)N1CC(=O)N2[C@@H](Cc3ccc(F)cc3)C(=O)N(Cc3cccc4ccccc34)C[C@@]21N. The maximum absolute atomic E-state index is 14.0. The van der Waals surface area contributed by atoms with Gasteiger partial charge in [0, 0.05) is 20.0 Å². The fourth-order valence-corrected chi connectivity index (χ4v) is 5.53. The number of hydrogen-bond donors (Lipinski definition) is 2. The van der Waals surface area contributed by atoms with Crippen molar-refractivity contribution in [3.8, 4) is 12.3 Å². The second-order valence-electron chi connectivity index (χ2n) is 9.70. The number of nitrogens with zero attached hydrogens (tertiary/aromatic N) is 4. The molecular formula is C29H29FN6O3. The normalized spacial score (nSPS) is 21.1. The molecule has 9 nitrogen and oxygen atoms in total. The lowest BCUT2D eigenvalue weighted by Gasteiger charge is -2.52. The number of rotatable bonds is 6. The Morgan fingerprint density at radius 3 is 2.59 bits per heavy atom. The van der Waals surface area contributed by atoms with E-state index >= 15 is 0 Å². The van der Waals surface area contributed by atoms with E-state index in [2.05, 4.69) is 11.2 Å². The number of carbonyl (C=O) groups is 3. The van der Waals surface area contributed by atoms with E-state index in [1.165, 1.54) is 34.1 Å². The zero-order chi connectivity index (χ0) is 27.7. The van der Waals surface area contributed by atoms with Gasteiger partial charge < -0.3 is 10.2 Å². The summed E-state index contributed by atoms with van der Waals surface area (Å²) in [6.07, 6.45) is 5.67. The summed E-state index contributed by atoms with van der Waals surface area (Å²) >= 11 is 0. The van der Waals surface area contributed by atoms with Crippen molar-refractivity contribution in [3.63, 3.8) is 0 Å². The molecule has 0 aliphatic carbocycles. The van der Waals surface area contributed by atoms with Crippen LogP contribution in [-0.2, 0) is 22.6 Å². The van der Waals surface area contributed by atoms with E-state index in [0.29, 0.717) is 5.56 Å². The predicted molar refractivity (Wildman–Crippen MR) is 144 cm³/mol. The van der Waals surface area contributed by atoms with Crippen LogP contribution in [0.3, 0.4) is 0 Å². The minimum atomic E-state index is -1.55. The van der Waals surface area contributed by atoms with Gasteiger partial charge in [-0.1, -0.05) is 60.5 Å². The molecule has 2 heterocycles. The number of urea groups is 1. The van der Waals surface area contributed by atoms with Gasteiger partial charge >= 0.3 is 6.03 Å². The van der Waals surface area contributed by atoms with Gasteiger partial charge in [-0.05, 0) is 34.0 Å². The van der Waals surface area contributed by atoms with Gasteiger partial charge in [0.05, 0.1) is 6.54 Å². The highest BCUT2D eigenvalue weighted by molar-refractivity contribution is 5.93. The number of terminal acetylenes is 1. The Bertz CT molecular complexity index is 1470. The summed E-state index contributed by atoms with van der Waals surface area (Å²) in [6.45, 7) is -0.177. The van der Waals surface area contributed by atoms with Gasteiger partial charge in [-0.2, -0.15) is 5.01 Å². The molecule has 0 radical (unpaired) electrons. The van der Waals surface area contributed by atoms with Gasteiger partial charge in [-0.15, -0.1) is 6.42 Å². The highest BCUT2D eigenvalue weighted by Crippen LogP contribution is 2.35. The van der Waals surface area contributed by atoms with Gasteiger partial charge in [0.25, 0.3) is 0 Å². The third-order valence-corrected chi connectivity index (χ3v) is 7.31. The number of hydrazine groups is 1. The molecule has 4 amide bonds. The second-order valence-corrected chi connectivity index (χ2v) is 9.70. The molecule has 2 fully saturated rings. The van der Waals surface area contributed by atoms with E-state index in [0.717, 1.165) is 16.3 Å². The van der Waals surface area contributed by atoms with Crippen LogP contribution in [-0.4, -0.2) is 76.2 Å². The van der Waals surface area contributed by atoms with Crippen LogP contribution >= 0.6 is 0 Å². The quantitative estimate of drug-likeness (QED) is 0.476. The van der Waals surface area contributed by atoms with Crippen LogP contribution in [0.2, 0.25) is 0 Å². The van der Waals surface area contributed by atoms with Gasteiger partial charge in [0.1, 0.15) is 24.9 Å². The summed E-state index contributed by atoms with van der Waals surface area (Å²) in [5.41, 5.74) is 8.58. The molecule has 0 unspecified atom stereocenters. The monoisotopic (exact) mass is 528 g/mol. The summed E-state index contributed by atoms with van der Waals surface area (Å²) in [7, 11) is 1.46. The molecule has 2 aliphatic rings. The topological polar surface area (TPSA) is 102 Å². The van der Waals surface area contributed by atoms with E-state index in [1.807, 2.05) is 42.5 Å². The predicted octanol–water partition coefficient (Wildman–Crippen LogP) is 1.88. The van der Waals surface area contributed by atoms with Crippen molar-refractivity contribution < 1.29 is 18.8 Å². The number of hydrogen-bond acceptors (Lipinski definition) is 5. The van der Waals surface area contributed by atoms with Crippen molar-refractivity contribution in [2.45, 2.75) is 24.8 Å². The number of amides is 4. The van der Waals surface area contributed by atoms with Crippen LogP contribution in [0.1, 0.15) is 11.1 Å². The maximum Gasteiger partial charge on any atom is 0.332 e. The molecule has 3 aromatic rings. The van der Waals surface area contributed by atoms with E-state index in [1.54, 1.807) is 17.0 Å². The number of piperazine rings is 1. The largest absolute Gasteiger partial charge is 0.340 e. The molecule has 39 heavy (non-hydrogen) atoms. The first-order chi connectivity index (χ1) is 18.8. The van der Waals surface area contributed by atoms with Crippen molar-refractivity contribution in [2.75, 3.05) is 26.7 Å². The lowest BCUT2D eigenvalue weighted by atomic mass is 9.97. The Morgan fingerprint density at radius 2 is 1.87 bits per heavy atom. The average Bonchev–Trinajstić information content (AvgIpc) is 3.20. The van der Waals surface area contributed by atoms with Crippen LogP contribution in [0.15, 0.2) is 66.7 Å². The summed E-state index contributed by atoms with van der Waals surface area (Å²) in [6, 6.07) is 18.0. The van der Waals surface area contributed by atoms with Crippen molar-refractivity contribution in [1.82, 2.24) is 25.1 Å². The summed E-state index contributed by atoms with van der Waals surface area (Å²) in [5, 5.41) is 7.23. The molecule has 2 saturated heterocycles. The number of fused-ring (bicyclic) bond motifs is 2. The molecule has 2 aliphatic heterocycles. The number of nitrogens with two attached hydrogens (primary N) is 1. The minimum Gasteiger partial charge on any atom is -0.340 e. The first-order valence-electron chi connectivity index (χ1n) is 12.6. The van der Waals surface area contributed by atoms with Crippen LogP contribution in [0.4, 0.5) is 9.18 Å². The molecule has 5 rings (SSSR count). The van der Waals surface area contributed by atoms with E-state index in [9.17, 15) is 18.8 Å². The lowest BCUT2D eigenvalue weighted by Crippen LogP contribution is -2.77. The number of halogens is 1. The standard InChI is InChI=1S/C29H29FN6O3/c1-3-15-34(28(39)32-2)35-18-26(37)36-25(16-20-11-13-23(30)14-12-20)27(38)33(19-29(35,36)31)17-22-9-6-8-21-7-4-5-10-24(21)22/h1,4-14,25H,15-19,31H2,2H3,(H,32,39)/t25-,29-/m0/s1. The third-order valence-electron chi connectivity index (χ3n) is 7.31. The molecule has 3 aromatic carbocycles. The van der Waals surface area contributed by atoms with Crippen molar-refractivity contribution in [2.24, 2.45) is 5.73 Å². The Labute approximate surface area is 225 Å². The molecule has 10 heteroatoms. The van der Waals surface area contributed by atoms with Crippen LogP contribution in [0.25, 0.3) is 10.8 Å². The molecule has 0 spiro atoms. The molecule has 0 saturated carbocycles. The summed E-state index contributed by atoms with van der Waals surface area (Å²) < 4.78 is 13.6. The minimum absolute atomic E-state index is 0.0568. The van der Waals surface area contributed by atoms with E-state index in [4.69, 9.17) is 12.2 Å². The first kappa shape index (κ1) is 26.2. The maximum atomic E-state index is 14.0. The van der Waals surface area contributed by atoms with Crippen molar-refractivity contribution >= 4 is 28.6 Å². The van der Waals surface area contributed by atoms with E-state index in [-0.39, 0.29) is 38.5 Å². The van der Waals surface area contributed by atoms with Crippen LogP contribution in [0, 0.1) is 18.2 Å². The Morgan fingerprint density at radius 1 is 1.15 bits per heavy atom. The molecule has 0 aromatic heterocycles. The second kappa shape index (κ2) is 10.4. The Hall–Kier alpha value is -4.46. The number of benzene rings is 3. The highest BCUT2D eigenvalue weighted by Gasteiger charge is 2.60. The molecule has 200 valence electrons. The van der Waals surface area contributed by atoms with Gasteiger partial charge in [0.2, 0.25) is 11.8 Å². The summed E-state index contributed by atoms with van der Waals surface area (Å²) in [5.74, 6) is -0.204. The zero-order valence-corrected chi connectivity index (χ0v) is 21.5. The van der Waals surface area contributed by atoms with Gasteiger partial charge in [0.15, 0.2) is 5.79 Å². The number of nitrogens with one attached hydrogen (secondary N) is 1. The Balaban J connectivity index is 1.57. The first-order valence-corrected chi connectivity index (χ1v) is 12.6. The fourth-order valence-electron chi connectivity index (χ4n) is 5.53. The van der Waals surface area contributed by atoms with Crippen molar-refractivity contribution in [3.05, 3.63) is 83.7 Å². The lowest BCUT2D eigenvalue weighted by molar-refractivity contribution is -0.176. The van der Waals surface area contributed by atoms with Crippen molar-refractivity contribution in [1.29, 1.82) is 0 Å². The molecule has 0 bridgehead atoms. The Kier molecular flexibility index (Phi) is 6.95. The van der Waals surface area contributed by atoms with Crippen LogP contribution < -0.4 is 11.1 Å². The highest BCUT2D eigenvalue weighted by atomic mass is 19.1. The molecule has 3 N–H and O–H groups in total. The molecular weight excluding hydrogens is 499 g/mol. The summed E-state index contributed by atoms with van der Waals surface area (Å²) in [4.78, 5) is 43.2. The number of carbonyl (C=O) groups excluding carboxylic acids is 3. The van der Waals surface area contributed by atoms with Gasteiger partial charge in [-0.3, -0.25) is 20.2 Å². The molecule has 2 atom stereocenters. The smallest absolute Gasteiger partial charge is 0.332 e. The van der Waals surface area contributed by atoms with Crippen LogP contribution in [0.5, 0.6) is 0 Å². The fraction of sp³-hybridized carbons (Fsp3) is 0.276.